The van der Waals surface area contributed by atoms with Crippen LogP contribution in [0, 0.1) is 5.82 Å². The second kappa shape index (κ2) is 13.2. The molecule has 0 bridgehead atoms. The molecule has 0 atom stereocenters. The van der Waals surface area contributed by atoms with Crippen molar-refractivity contribution in [3.05, 3.63) is 78.1 Å². The highest BCUT2D eigenvalue weighted by molar-refractivity contribution is 5.80. The number of halogens is 4. The Balaban J connectivity index is 0.000000472. The maximum atomic E-state index is 13.5. The van der Waals surface area contributed by atoms with Gasteiger partial charge >= 0.3 is 12.1 Å². The summed E-state index contributed by atoms with van der Waals surface area (Å²) in [6, 6.07) is 22.8. The zero-order valence-electron chi connectivity index (χ0n) is 23.9. The predicted molar refractivity (Wildman–Crippen MR) is 158 cm³/mol. The van der Waals surface area contributed by atoms with Crippen LogP contribution in [0.1, 0.15) is 18.4 Å². The second-order valence-electron chi connectivity index (χ2n) is 11.2. The van der Waals surface area contributed by atoms with E-state index in [1.54, 1.807) is 6.07 Å². The van der Waals surface area contributed by atoms with Crippen molar-refractivity contribution in [1.29, 1.82) is 0 Å². The number of benzene rings is 3. The van der Waals surface area contributed by atoms with Gasteiger partial charge in [-0.2, -0.15) is 13.2 Å². The molecule has 2 aliphatic heterocycles. The van der Waals surface area contributed by atoms with Crippen molar-refractivity contribution in [3.8, 4) is 22.5 Å². The predicted octanol–water partition coefficient (Wildman–Crippen LogP) is 5.88. The summed E-state index contributed by atoms with van der Waals surface area (Å²) in [7, 11) is 2.24. The number of piperidine rings is 1. The van der Waals surface area contributed by atoms with Crippen LogP contribution in [0.15, 0.2) is 66.7 Å². The van der Waals surface area contributed by atoms with Gasteiger partial charge in [0.05, 0.1) is 11.0 Å². The minimum Gasteiger partial charge on any atom is -0.475 e. The highest BCUT2D eigenvalue weighted by Gasteiger charge is 2.38. The largest absolute Gasteiger partial charge is 0.490 e. The van der Waals surface area contributed by atoms with E-state index in [4.69, 9.17) is 9.90 Å². The molecule has 0 saturated carbocycles. The zero-order valence-corrected chi connectivity index (χ0v) is 23.9. The molecule has 1 aromatic heterocycles. The highest BCUT2D eigenvalue weighted by Crippen LogP contribution is 2.27. The fourth-order valence-corrected chi connectivity index (χ4v) is 5.69. The van der Waals surface area contributed by atoms with E-state index in [1.165, 1.54) is 67.8 Å². The average molecular weight is 598 g/mol. The zero-order chi connectivity index (χ0) is 30.6. The van der Waals surface area contributed by atoms with Gasteiger partial charge in [0.25, 0.3) is 0 Å². The molecule has 0 amide bonds. The minimum atomic E-state index is -5.08. The SMILES string of the molecule is CN1CCC(N2CCN(Cc3cccc(-c4ccc(-c5nc6ccc(F)cc6[nH]5)cc4)c3)CC2)CC1.O=C(O)C(F)(F)F. The van der Waals surface area contributed by atoms with Crippen LogP contribution in [0.3, 0.4) is 0 Å². The smallest absolute Gasteiger partial charge is 0.475 e. The van der Waals surface area contributed by atoms with Crippen LogP contribution < -0.4 is 0 Å². The lowest BCUT2D eigenvalue weighted by molar-refractivity contribution is -0.192. The number of carboxylic acids is 1. The van der Waals surface area contributed by atoms with Crippen LogP contribution in [-0.4, -0.2) is 94.3 Å². The van der Waals surface area contributed by atoms with E-state index in [2.05, 4.69) is 80.2 Å². The number of piperazine rings is 1. The summed E-state index contributed by atoms with van der Waals surface area (Å²) in [6.07, 6.45) is -2.46. The standard InChI is InChI=1S/C30H34FN5.C2HF3O2/c1-34-13-11-27(12-14-34)36-17-15-35(16-18-36)21-22-3-2-4-25(19-22)23-5-7-24(8-6-23)30-32-28-10-9-26(31)20-29(28)33-30;3-2(4,5)1(6)7/h2-10,19-20,27H,11-18,21H2,1H3,(H,32,33);(H,6,7). The molecule has 2 fully saturated rings. The van der Waals surface area contributed by atoms with Crippen molar-refractivity contribution in [1.82, 2.24) is 24.7 Å². The molecule has 7 nitrogen and oxygen atoms in total. The Morgan fingerprint density at radius 3 is 2.21 bits per heavy atom. The number of nitrogens with zero attached hydrogens (tertiary/aromatic N) is 4. The topological polar surface area (TPSA) is 75.7 Å². The number of H-pyrrole nitrogens is 1. The van der Waals surface area contributed by atoms with Gasteiger partial charge in [0.2, 0.25) is 0 Å². The molecule has 0 radical (unpaired) electrons. The van der Waals surface area contributed by atoms with Gasteiger partial charge < -0.3 is 15.0 Å². The molecule has 43 heavy (non-hydrogen) atoms. The molecule has 2 saturated heterocycles. The van der Waals surface area contributed by atoms with E-state index in [0.717, 1.165) is 42.6 Å². The first-order valence-corrected chi connectivity index (χ1v) is 14.4. The number of aromatic nitrogens is 2. The summed E-state index contributed by atoms with van der Waals surface area (Å²) in [5.74, 6) is -2.25. The van der Waals surface area contributed by atoms with E-state index < -0.39 is 12.1 Å². The molecule has 2 N–H and O–H groups in total. The monoisotopic (exact) mass is 597 g/mol. The van der Waals surface area contributed by atoms with Crippen molar-refractivity contribution < 1.29 is 27.5 Å². The summed E-state index contributed by atoms with van der Waals surface area (Å²) in [6.45, 7) is 8.13. The van der Waals surface area contributed by atoms with Crippen molar-refractivity contribution in [2.75, 3.05) is 46.3 Å². The molecular weight excluding hydrogens is 562 g/mol. The molecule has 228 valence electrons. The number of aliphatic carboxylic acids is 1. The van der Waals surface area contributed by atoms with Gasteiger partial charge in [-0.05, 0) is 73.9 Å². The van der Waals surface area contributed by atoms with Crippen LogP contribution in [-0.2, 0) is 11.3 Å². The first kappa shape index (κ1) is 30.7. The molecule has 11 heteroatoms. The van der Waals surface area contributed by atoms with Gasteiger partial charge in [-0.25, -0.2) is 14.2 Å². The quantitative estimate of drug-likeness (QED) is 0.280. The number of hydrogen-bond acceptors (Lipinski definition) is 5. The molecule has 2 aliphatic rings. The van der Waals surface area contributed by atoms with Gasteiger partial charge in [-0.3, -0.25) is 9.80 Å². The number of nitrogens with one attached hydrogen (secondary N) is 1. The van der Waals surface area contributed by atoms with E-state index >= 15 is 0 Å². The third-order valence-corrected chi connectivity index (χ3v) is 8.12. The van der Waals surface area contributed by atoms with E-state index in [-0.39, 0.29) is 5.82 Å². The summed E-state index contributed by atoms with van der Waals surface area (Å²) in [5.41, 5.74) is 6.27. The van der Waals surface area contributed by atoms with Gasteiger partial charge in [-0.1, -0.05) is 42.5 Å². The van der Waals surface area contributed by atoms with Crippen molar-refractivity contribution >= 4 is 17.0 Å². The van der Waals surface area contributed by atoms with Crippen molar-refractivity contribution in [2.45, 2.75) is 31.6 Å². The van der Waals surface area contributed by atoms with E-state index in [1.807, 2.05) is 0 Å². The number of carboxylic acid groups (broad SMARTS) is 1. The Hall–Kier alpha value is -3.80. The lowest BCUT2D eigenvalue weighted by atomic mass is 10.0. The van der Waals surface area contributed by atoms with Crippen LogP contribution in [0.5, 0.6) is 0 Å². The number of rotatable bonds is 5. The number of fused-ring (bicyclic) bond motifs is 1. The number of carbonyl (C=O) groups is 1. The van der Waals surface area contributed by atoms with E-state index in [9.17, 15) is 17.6 Å². The number of alkyl halides is 3. The van der Waals surface area contributed by atoms with Gasteiger partial charge in [0.1, 0.15) is 11.6 Å². The first-order valence-electron chi connectivity index (χ1n) is 14.4. The lowest BCUT2D eigenvalue weighted by Crippen LogP contribution is -2.52. The Morgan fingerprint density at radius 1 is 0.907 bits per heavy atom. The molecular formula is C32H35F4N5O2. The normalized spacial score (nSPS) is 17.5. The number of aromatic amines is 1. The van der Waals surface area contributed by atoms with Crippen LogP contribution in [0.2, 0.25) is 0 Å². The molecule has 3 aromatic carbocycles. The molecule has 3 heterocycles. The van der Waals surface area contributed by atoms with Crippen molar-refractivity contribution in [3.63, 3.8) is 0 Å². The Labute approximate surface area is 247 Å². The summed E-state index contributed by atoms with van der Waals surface area (Å²) in [4.78, 5) is 24.5. The minimum absolute atomic E-state index is 0.257. The number of likely N-dealkylation sites (tertiary alicyclic amines) is 1. The van der Waals surface area contributed by atoms with Crippen LogP contribution in [0.25, 0.3) is 33.5 Å². The number of hydrogen-bond donors (Lipinski definition) is 2. The second-order valence-corrected chi connectivity index (χ2v) is 11.2. The summed E-state index contributed by atoms with van der Waals surface area (Å²) in [5, 5.41) is 7.12. The van der Waals surface area contributed by atoms with Crippen LogP contribution in [0.4, 0.5) is 17.6 Å². The van der Waals surface area contributed by atoms with Crippen LogP contribution >= 0.6 is 0 Å². The molecule has 0 unspecified atom stereocenters. The number of imidazole rings is 1. The molecule has 0 aliphatic carbocycles. The van der Waals surface area contributed by atoms with E-state index in [0.29, 0.717) is 5.52 Å². The molecule has 6 rings (SSSR count). The fraction of sp³-hybridized carbons (Fsp3) is 0.375. The van der Waals surface area contributed by atoms with Gasteiger partial charge in [0, 0.05) is 44.3 Å². The maximum absolute atomic E-state index is 13.5. The molecule has 4 aromatic rings. The van der Waals surface area contributed by atoms with Gasteiger partial charge in [0.15, 0.2) is 0 Å². The molecule has 0 spiro atoms. The maximum Gasteiger partial charge on any atom is 0.490 e. The third-order valence-electron chi connectivity index (χ3n) is 8.12. The third kappa shape index (κ3) is 7.98. The Kier molecular flexibility index (Phi) is 9.43. The summed E-state index contributed by atoms with van der Waals surface area (Å²) >= 11 is 0. The Morgan fingerprint density at radius 2 is 1.56 bits per heavy atom. The lowest BCUT2D eigenvalue weighted by Gasteiger charge is -2.42. The van der Waals surface area contributed by atoms with Gasteiger partial charge in [-0.15, -0.1) is 0 Å². The fourth-order valence-electron chi connectivity index (χ4n) is 5.69. The van der Waals surface area contributed by atoms with Crippen molar-refractivity contribution in [2.24, 2.45) is 0 Å². The highest BCUT2D eigenvalue weighted by atomic mass is 19.4. The average Bonchev–Trinajstić information content (AvgIpc) is 3.41. The summed E-state index contributed by atoms with van der Waals surface area (Å²) < 4.78 is 45.3. The first-order chi connectivity index (χ1) is 20.5. The Bertz CT molecular complexity index is 1520.